The molecule has 0 spiro atoms. The van der Waals surface area contributed by atoms with Crippen LogP contribution in [0.4, 0.5) is 0 Å². The molecule has 0 aliphatic carbocycles. The molecule has 2 aliphatic rings. The van der Waals surface area contributed by atoms with Crippen LogP contribution >= 0.6 is 0 Å². The smallest absolute Gasteiger partial charge is 0.227 e. The van der Waals surface area contributed by atoms with E-state index in [0.717, 1.165) is 49.3 Å². The molecule has 1 aromatic heterocycles. The summed E-state index contributed by atoms with van der Waals surface area (Å²) in [6.45, 7) is 11.4. The summed E-state index contributed by atoms with van der Waals surface area (Å²) in [5.41, 5.74) is 3.15. The van der Waals surface area contributed by atoms with Crippen molar-refractivity contribution in [1.29, 1.82) is 0 Å². The van der Waals surface area contributed by atoms with Gasteiger partial charge in [0, 0.05) is 24.3 Å². The van der Waals surface area contributed by atoms with Crippen molar-refractivity contribution < 1.29 is 14.3 Å². The van der Waals surface area contributed by atoms with Crippen LogP contribution < -0.4 is 0 Å². The predicted molar refractivity (Wildman–Crippen MR) is 95.3 cm³/mol. The molecule has 3 heterocycles. The Morgan fingerprint density at radius 1 is 1.24 bits per heavy atom. The Labute approximate surface area is 150 Å². The van der Waals surface area contributed by atoms with Crippen LogP contribution in [-0.2, 0) is 27.2 Å². The number of carbonyl (C=O) groups excluding carboxylic acids is 1. The van der Waals surface area contributed by atoms with Gasteiger partial charge in [-0.05, 0) is 39.0 Å². The van der Waals surface area contributed by atoms with E-state index in [9.17, 15) is 4.79 Å². The van der Waals surface area contributed by atoms with Gasteiger partial charge >= 0.3 is 0 Å². The first-order chi connectivity index (χ1) is 12.0. The zero-order valence-corrected chi connectivity index (χ0v) is 16.0. The average Bonchev–Trinajstić information content (AvgIpc) is 3.19. The summed E-state index contributed by atoms with van der Waals surface area (Å²) in [6, 6.07) is 0.0510. The lowest BCUT2D eigenvalue weighted by molar-refractivity contribution is -0.150. The average molecular weight is 349 g/mol. The number of hydrogen-bond acceptors (Lipinski definition) is 4. The zero-order valence-electron chi connectivity index (χ0n) is 16.0. The van der Waals surface area contributed by atoms with Gasteiger partial charge in [-0.15, -0.1) is 0 Å². The Morgan fingerprint density at radius 2 is 1.96 bits per heavy atom. The van der Waals surface area contributed by atoms with Crippen molar-refractivity contribution in [3.63, 3.8) is 0 Å². The van der Waals surface area contributed by atoms with E-state index in [-0.39, 0.29) is 18.2 Å². The van der Waals surface area contributed by atoms with Gasteiger partial charge in [-0.3, -0.25) is 9.48 Å². The number of aryl methyl sites for hydroxylation is 1. The summed E-state index contributed by atoms with van der Waals surface area (Å²) in [7, 11) is 0. The number of likely N-dealkylation sites (tertiary alicyclic amines) is 1. The maximum absolute atomic E-state index is 13.0. The maximum atomic E-state index is 13.0. The number of rotatable bonds is 5. The zero-order chi connectivity index (χ0) is 18.0. The normalized spacial score (nSPS) is 22.1. The third kappa shape index (κ3) is 4.06. The Morgan fingerprint density at radius 3 is 2.64 bits per heavy atom. The minimum Gasteiger partial charge on any atom is -0.348 e. The molecule has 0 N–H and O–H groups in total. The molecular weight excluding hydrogens is 318 g/mol. The topological polar surface area (TPSA) is 56.6 Å². The van der Waals surface area contributed by atoms with Crippen molar-refractivity contribution in [3.05, 3.63) is 17.0 Å². The molecule has 2 fully saturated rings. The Kier molecular flexibility index (Phi) is 5.79. The molecule has 140 valence electrons. The van der Waals surface area contributed by atoms with E-state index in [4.69, 9.17) is 9.47 Å². The molecule has 1 amide bonds. The van der Waals surface area contributed by atoms with Crippen LogP contribution in [0, 0.1) is 19.8 Å². The number of nitrogens with zero attached hydrogens (tertiary/aromatic N) is 3. The Balaban J connectivity index is 1.73. The molecule has 1 unspecified atom stereocenters. The van der Waals surface area contributed by atoms with Crippen LogP contribution in [0.15, 0.2) is 0 Å². The highest BCUT2D eigenvalue weighted by molar-refractivity contribution is 5.79. The quantitative estimate of drug-likeness (QED) is 0.819. The van der Waals surface area contributed by atoms with Crippen molar-refractivity contribution in [3.8, 4) is 0 Å². The Hall–Kier alpha value is -1.40. The van der Waals surface area contributed by atoms with Gasteiger partial charge in [0.05, 0.1) is 31.4 Å². The van der Waals surface area contributed by atoms with Crippen molar-refractivity contribution in [2.75, 3.05) is 19.8 Å². The highest BCUT2D eigenvalue weighted by Crippen LogP contribution is 2.26. The highest BCUT2D eigenvalue weighted by Gasteiger charge is 2.36. The standard InChI is InChI=1S/C19H31N3O3/c1-13(2)12-22-15(4)16(14(3)20-22)11-18(23)21-8-6-5-7-17(21)19-24-9-10-25-19/h13,17,19H,5-12H2,1-4H3. The molecule has 25 heavy (non-hydrogen) atoms. The van der Waals surface area contributed by atoms with Crippen molar-refractivity contribution in [2.24, 2.45) is 5.92 Å². The predicted octanol–water partition coefficient (Wildman–Crippen LogP) is 2.45. The summed E-state index contributed by atoms with van der Waals surface area (Å²) in [4.78, 5) is 15.0. The van der Waals surface area contributed by atoms with E-state index < -0.39 is 0 Å². The molecule has 3 rings (SSSR count). The second-order valence-corrected chi connectivity index (χ2v) is 7.66. The molecule has 0 bridgehead atoms. The van der Waals surface area contributed by atoms with Gasteiger partial charge in [-0.25, -0.2) is 0 Å². The largest absolute Gasteiger partial charge is 0.348 e. The molecule has 1 atom stereocenters. The first-order valence-electron chi connectivity index (χ1n) is 9.53. The third-order valence-electron chi connectivity index (χ3n) is 5.23. The van der Waals surface area contributed by atoms with E-state index in [1.54, 1.807) is 0 Å². The van der Waals surface area contributed by atoms with Crippen LogP contribution in [-0.4, -0.2) is 52.7 Å². The summed E-state index contributed by atoms with van der Waals surface area (Å²) < 4.78 is 13.4. The number of amides is 1. The van der Waals surface area contributed by atoms with Gasteiger partial charge in [0.25, 0.3) is 0 Å². The maximum Gasteiger partial charge on any atom is 0.227 e. The van der Waals surface area contributed by atoms with Crippen molar-refractivity contribution >= 4 is 5.91 Å². The monoisotopic (exact) mass is 349 g/mol. The van der Waals surface area contributed by atoms with E-state index in [1.807, 2.05) is 16.5 Å². The van der Waals surface area contributed by atoms with Crippen LogP contribution in [0.25, 0.3) is 0 Å². The van der Waals surface area contributed by atoms with Gasteiger partial charge in [0.15, 0.2) is 6.29 Å². The van der Waals surface area contributed by atoms with E-state index >= 15 is 0 Å². The highest BCUT2D eigenvalue weighted by atomic mass is 16.7. The fraction of sp³-hybridized carbons (Fsp3) is 0.789. The van der Waals surface area contributed by atoms with E-state index in [1.165, 1.54) is 0 Å². The Bertz CT molecular complexity index is 605. The molecule has 2 saturated heterocycles. The van der Waals surface area contributed by atoms with Crippen molar-refractivity contribution in [1.82, 2.24) is 14.7 Å². The molecule has 0 aromatic carbocycles. The van der Waals surface area contributed by atoms with E-state index in [0.29, 0.717) is 25.6 Å². The minimum atomic E-state index is -0.255. The summed E-state index contributed by atoms with van der Waals surface area (Å²) in [6.07, 6.45) is 3.30. The number of carbonyl (C=O) groups is 1. The van der Waals surface area contributed by atoms with Crippen LogP contribution in [0.5, 0.6) is 0 Å². The lowest BCUT2D eigenvalue weighted by Crippen LogP contribution is -2.50. The van der Waals surface area contributed by atoms with Gasteiger partial charge in [0.2, 0.25) is 5.91 Å². The number of aromatic nitrogens is 2. The molecule has 6 heteroatoms. The van der Waals surface area contributed by atoms with Gasteiger partial charge < -0.3 is 14.4 Å². The number of ether oxygens (including phenoxy) is 2. The first-order valence-corrected chi connectivity index (χ1v) is 9.53. The lowest BCUT2D eigenvalue weighted by atomic mass is 10.00. The van der Waals surface area contributed by atoms with Crippen LogP contribution in [0.1, 0.15) is 50.1 Å². The van der Waals surface area contributed by atoms with Crippen LogP contribution in [0.3, 0.4) is 0 Å². The van der Waals surface area contributed by atoms with Gasteiger partial charge in [-0.1, -0.05) is 13.8 Å². The molecular formula is C19H31N3O3. The second kappa shape index (κ2) is 7.87. The fourth-order valence-corrected chi connectivity index (χ4v) is 3.91. The summed E-state index contributed by atoms with van der Waals surface area (Å²) in [5.74, 6) is 0.698. The second-order valence-electron chi connectivity index (χ2n) is 7.66. The fourth-order valence-electron chi connectivity index (χ4n) is 3.91. The SMILES string of the molecule is Cc1nn(CC(C)C)c(C)c1CC(=O)N1CCCCC1C1OCCO1. The lowest BCUT2D eigenvalue weighted by Gasteiger charge is -2.38. The van der Waals surface area contributed by atoms with Crippen LogP contribution in [0.2, 0.25) is 0 Å². The third-order valence-corrected chi connectivity index (χ3v) is 5.23. The van der Waals surface area contributed by atoms with Crippen molar-refractivity contribution in [2.45, 2.75) is 72.3 Å². The summed E-state index contributed by atoms with van der Waals surface area (Å²) >= 11 is 0. The molecule has 0 saturated carbocycles. The molecule has 2 aliphatic heterocycles. The summed E-state index contributed by atoms with van der Waals surface area (Å²) in [5, 5.41) is 4.64. The van der Waals surface area contributed by atoms with Gasteiger partial charge in [-0.2, -0.15) is 5.10 Å². The van der Waals surface area contributed by atoms with Gasteiger partial charge in [0.1, 0.15) is 0 Å². The minimum absolute atomic E-state index is 0.0510. The number of hydrogen-bond donors (Lipinski definition) is 0. The van der Waals surface area contributed by atoms with E-state index in [2.05, 4.69) is 25.9 Å². The molecule has 1 aromatic rings. The first kappa shape index (κ1) is 18.4. The molecule has 6 nitrogen and oxygen atoms in total. The molecule has 0 radical (unpaired) electrons. The number of piperidine rings is 1.